The van der Waals surface area contributed by atoms with Gasteiger partial charge in [-0.1, -0.05) is 23.7 Å². The Balaban J connectivity index is 1.95. The van der Waals surface area contributed by atoms with Gasteiger partial charge in [0, 0.05) is 23.8 Å². The fourth-order valence-corrected chi connectivity index (χ4v) is 4.26. The lowest BCUT2D eigenvalue weighted by Gasteiger charge is -2.13. The van der Waals surface area contributed by atoms with Crippen molar-refractivity contribution in [1.29, 1.82) is 0 Å². The van der Waals surface area contributed by atoms with E-state index in [0.717, 1.165) is 6.07 Å². The molecule has 0 heterocycles. The summed E-state index contributed by atoms with van der Waals surface area (Å²) in [4.78, 5) is 10.2. The zero-order chi connectivity index (χ0) is 24.0. The van der Waals surface area contributed by atoms with Crippen molar-refractivity contribution in [3.8, 4) is 11.5 Å². The highest BCUT2D eigenvalue weighted by atomic mass is 35.5. The first-order valence-electron chi connectivity index (χ1n) is 9.31. The van der Waals surface area contributed by atoms with Gasteiger partial charge in [-0.2, -0.15) is 5.10 Å². The van der Waals surface area contributed by atoms with Crippen molar-refractivity contribution in [2.45, 2.75) is 4.90 Å². The second-order valence-electron chi connectivity index (χ2n) is 6.54. The van der Waals surface area contributed by atoms with Crippen LogP contribution < -0.4 is 19.6 Å². The second kappa shape index (κ2) is 10.2. The van der Waals surface area contributed by atoms with E-state index in [2.05, 4.69) is 15.2 Å². The molecule has 33 heavy (non-hydrogen) atoms. The average Bonchev–Trinajstić information content (AvgIpc) is 2.80. The molecule has 172 valence electrons. The molecule has 0 atom stereocenters. The largest absolute Gasteiger partial charge is 0.497 e. The third-order valence-electron chi connectivity index (χ3n) is 4.36. The first kappa shape index (κ1) is 23.8. The molecule has 0 fully saturated rings. The van der Waals surface area contributed by atoms with Gasteiger partial charge in [-0.3, -0.25) is 20.3 Å². The molecule has 12 heteroatoms. The number of nitrogens with zero attached hydrogens (tertiary/aromatic N) is 2. The van der Waals surface area contributed by atoms with Crippen molar-refractivity contribution in [3.63, 3.8) is 0 Å². The normalized spacial score (nSPS) is 11.2. The van der Waals surface area contributed by atoms with E-state index in [0.29, 0.717) is 17.1 Å². The minimum Gasteiger partial charge on any atom is -0.497 e. The quantitative estimate of drug-likeness (QED) is 0.256. The van der Waals surface area contributed by atoms with Crippen LogP contribution in [0.4, 0.5) is 17.1 Å². The number of benzene rings is 3. The van der Waals surface area contributed by atoms with E-state index in [1.54, 1.807) is 30.3 Å². The van der Waals surface area contributed by atoms with E-state index in [-0.39, 0.29) is 21.3 Å². The lowest BCUT2D eigenvalue weighted by Crippen LogP contribution is -2.15. The number of hydrazone groups is 1. The fraction of sp³-hybridized carbons (Fsp3) is 0.0952. The summed E-state index contributed by atoms with van der Waals surface area (Å²) in [7, 11) is -1.24. The Morgan fingerprint density at radius 2 is 1.67 bits per heavy atom. The average molecular weight is 491 g/mol. The summed E-state index contributed by atoms with van der Waals surface area (Å²) in [5, 5.41) is 15.5. The van der Waals surface area contributed by atoms with E-state index in [1.165, 1.54) is 44.7 Å². The molecule has 0 aliphatic heterocycles. The number of para-hydroxylation sites is 1. The molecule has 2 N–H and O–H groups in total. The first-order valence-corrected chi connectivity index (χ1v) is 11.2. The summed E-state index contributed by atoms with van der Waals surface area (Å²) in [6.07, 6.45) is 1.42. The van der Waals surface area contributed by atoms with Crippen molar-refractivity contribution in [2.24, 2.45) is 5.10 Å². The van der Waals surface area contributed by atoms with Gasteiger partial charge in [-0.15, -0.1) is 0 Å². The number of hydrogen-bond donors (Lipinski definition) is 2. The van der Waals surface area contributed by atoms with Crippen LogP contribution in [0.3, 0.4) is 0 Å². The van der Waals surface area contributed by atoms with Crippen LogP contribution in [0.25, 0.3) is 0 Å². The summed E-state index contributed by atoms with van der Waals surface area (Å²) in [5.41, 5.74) is 2.98. The van der Waals surface area contributed by atoms with Gasteiger partial charge < -0.3 is 9.47 Å². The van der Waals surface area contributed by atoms with Gasteiger partial charge in [0.25, 0.3) is 15.7 Å². The number of ether oxygens (including phenoxy) is 2. The predicted molar refractivity (Wildman–Crippen MR) is 126 cm³/mol. The molecule has 3 rings (SSSR count). The number of non-ortho nitro benzene ring substituents is 1. The van der Waals surface area contributed by atoms with E-state index in [1.807, 2.05) is 0 Å². The predicted octanol–water partition coefficient (Wildman–Crippen LogP) is 4.51. The lowest BCUT2D eigenvalue weighted by atomic mass is 10.2. The molecule has 0 aliphatic carbocycles. The summed E-state index contributed by atoms with van der Waals surface area (Å²) < 4.78 is 38.8. The minimum atomic E-state index is -4.25. The van der Waals surface area contributed by atoms with Crippen molar-refractivity contribution >= 4 is 44.9 Å². The van der Waals surface area contributed by atoms with Gasteiger partial charge in [-0.05, 0) is 30.3 Å². The molecule has 10 nitrogen and oxygen atoms in total. The van der Waals surface area contributed by atoms with E-state index < -0.39 is 20.6 Å². The van der Waals surface area contributed by atoms with E-state index in [4.69, 9.17) is 21.1 Å². The Kier molecular flexibility index (Phi) is 7.36. The van der Waals surface area contributed by atoms with Crippen LogP contribution in [0.2, 0.25) is 5.02 Å². The van der Waals surface area contributed by atoms with E-state index >= 15 is 0 Å². The number of anilines is 2. The lowest BCUT2D eigenvalue weighted by molar-refractivity contribution is -0.385. The number of nitro benzene ring substituents is 1. The van der Waals surface area contributed by atoms with Crippen molar-refractivity contribution in [3.05, 3.63) is 81.4 Å². The molecule has 3 aromatic rings. The van der Waals surface area contributed by atoms with Crippen LogP contribution in [0.1, 0.15) is 5.56 Å². The second-order valence-corrected chi connectivity index (χ2v) is 8.60. The molecule has 3 aromatic carbocycles. The standard InChI is InChI=1S/C21H19ClN4O6S/c1-31-16-9-14(10-17(12-16)32-2)13-23-24-20-8-7-15(26(27)28)11-21(20)33(29,30)25-19-6-4-3-5-18(19)22/h3-13,24-25H,1-2H3/b23-13+. The van der Waals surface area contributed by atoms with Gasteiger partial charge in [-0.25, -0.2) is 8.42 Å². The Hall–Kier alpha value is -3.83. The summed E-state index contributed by atoms with van der Waals surface area (Å²) in [5.74, 6) is 1.08. The Bertz CT molecular complexity index is 1290. The SMILES string of the molecule is COc1cc(/C=N/Nc2ccc([N+](=O)[O-])cc2S(=O)(=O)Nc2ccccc2Cl)cc(OC)c1. The first-order chi connectivity index (χ1) is 15.7. The molecule has 0 spiro atoms. The molecule has 0 radical (unpaired) electrons. The van der Waals surface area contributed by atoms with Crippen LogP contribution >= 0.6 is 11.6 Å². The molecule has 0 saturated carbocycles. The monoisotopic (exact) mass is 490 g/mol. The topological polar surface area (TPSA) is 132 Å². The molecule has 0 aromatic heterocycles. The van der Waals surface area contributed by atoms with Gasteiger partial charge in [0.15, 0.2) is 0 Å². The highest BCUT2D eigenvalue weighted by Crippen LogP contribution is 2.30. The van der Waals surface area contributed by atoms with Crippen LogP contribution in [-0.2, 0) is 10.0 Å². The van der Waals surface area contributed by atoms with Gasteiger partial charge in [0.2, 0.25) is 0 Å². The molecule has 0 bridgehead atoms. The zero-order valence-corrected chi connectivity index (χ0v) is 19.1. The highest BCUT2D eigenvalue weighted by molar-refractivity contribution is 7.93. The summed E-state index contributed by atoms with van der Waals surface area (Å²) in [6, 6.07) is 14.7. The number of sulfonamides is 1. The van der Waals surface area contributed by atoms with Crippen molar-refractivity contribution in [1.82, 2.24) is 0 Å². The molecule has 0 aliphatic rings. The highest BCUT2D eigenvalue weighted by Gasteiger charge is 2.23. The molecule has 0 amide bonds. The van der Waals surface area contributed by atoms with Crippen molar-refractivity contribution < 1.29 is 22.8 Å². The maximum atomic E-state index is 13.0. The smallest absolute Gasteiger partial charge is 0.270 e. The molecule has 0 unspecified atom stereocenters. The fourth-order valence-electron chi connectivity index (χ4n) is 2.76. The number of methoxy groups -OCH3 is 2. The van der Waals surface area contributed by atoms with Crippen molar-refractivity contribution in [2.75, 3.05) is 24.4 Å². The number of rotatable bonds is 9. The van der Waals surface area contributed by atoms with Crippen LogP contribution in [-0.4, -0.2) is 33.8 Å². The molecule has 0 saturated heterocycles. The van der Waals surface area contributed by atoms with Gasteiger partial charge in [0.1, 0.15) is 16.4 Å². The Morgan fingerprint density at radius 1 is 1.00 bits per heavy atom. The zero-order valence-electron chi connectivity index (χ0n) is 17.5. The van der Waals surface area contributed by atoms with Gasteiger partial charge in [0.05, 0.1) is 41.8 Å². The molecular weight excluding hydrogens is 472 g/mol. The van der Waals surface area contributed by atoms with Crippen LogP contribution in [0.15, 0.2) is 70.7 Å². The summed E-state index contributed by atoms with van der Waals surface area (Å²) >= 11 is 6.05. The Labute approximate surface area is 195 Å². The van der Waals surface area contributed by atoms with Gasteiger partial charge >= 0.3 is 0 Å². The Morgan fingerprint density at radius 3 is 2.27 bits per heavy atom. The van der Waals surface area contributed by atoms with Crippen LogP contribution in [0.5, 0.6) is 11.5 Å². The number of hydrogen-bond acceptors (Lipinski definition) is 8. The number of nitrogens with one attached hydrogen (secondary N) is 2. The minimum absolute atomic E-state index is 0.0197. The molecular formula is C21H19ClN4O6S. The number of halogens is 1. The maximum Gasteiger partial charge on any atom is 0.270 e. The maximum absolute atomic E-state index is 13.0. The number of nitro groups is 1. The summed E-state index contributed by atoms with van der Waals surface area (Å²) in [6.45, 7) is 0. The van der Waals surface area contributed by atoms with Crippen LogP contribution in [0, 0.1) is 10.1 Å². The van der Waals surface area contributed by atoms with E-state index in [9.17, 15) is 18.5 Å². The third-order valence-corrected chi connectivity index (χ3v) is 6.09. The third kappa shape index (κ3) is 5.90.